The second-order valence-corrected chi connectivity index (χ2v) is 18.8. The quantitative estimate of drug-likeness (QED) is 0.117. The Bertz CT molecular complexity index is 3280. The fourth-order valence-corrected chi connectivity index (χ4v) is 11.5. The first-order valence-electron chi connectivity index (χ1n) is 23.5. The van der Waals surface area contributed by atoms with Gasteiger partial charge in [0.05, 0.1) is 11.4 Å². The third-order valence-electron chi connectivity index (χ3n) is 14.7. The van der Waals surface area contributed by atoms with Crippen molar-refractivity contribution in [2.24, 2.45) is 16.8 Å². The lowest BCUT2D eigenvalue weighted by atomic mass is 9.76. The predicted molar refractivity (Wildman–Crippen MR) is 275 cm³/mol. The van der Waals surface area contributed by atoms with Crippen LogP contribution in [0.2, 0.25) is 0 Å². The van der Waals surface area contributed by atoms with Crippen LogP contribution in [0.3, 0.4) is 0 Å². The highest BCUT2D eigenvalue weighted by molar-refractivity contribution is 6.28. The number of hydrogen-bond acceptors (Lipinski definition) is 1. The van der Waals surface area contributed by atoms with Crippen LogP contribution < -0.4 is 0 Å². The normalized spacial score (nSPS) is 20.3. The van der Waals surface area contributed by atoms with Crippen LogP contribution >= 0.6 is 0 Å². The van der Waals surface area contributed by atoms with Gasteiger partial charge in [-0.3, -0.25) is 4.99 Å². The monoisotopic (exact) mass is 825 g/mol. The highest BCUT2D eigenvalue weighted by Crippen LogP contribution is 2.50. The van der Waals surface area contributed by atoms with E-state index in [1.165, 1.54) is 93.5 Å². The third kappa shape index (κ3) is 6.90. The molecule has 1 heterocycles. The molecule has 0 radical (unpaired) electrons. The third-order valence-corrected chi connectivity index (χ3v) is 14.7. The van der Waals surface area contributed by atoms with Crippen molar-refractivity contribution in [3.8, 4) is 22.3 Å². The average molecular weight is 826 g/mol. The molecule has 8 aromatic carbocycles. The lowest BCUT2D eigenvalue weighted by Crippen LogP contribution is -2.17. The summed E-state index contributed by atoms with van der Waals surface area (Å²) in [5.74, 6) is 0.740. The summed E-state index contributed by atoms with van der Waals surface area (Å²) in [6.07, 6.45) is 14.8. The van der Waals surface area contributed by atoms with Gasteiger partial charge in [-0.1, -0.05) is 215 Å². The molecule has 0 aromatic heterocycles. The summed E-state index contributed by atoms with van der Waals surface area (Å²) in [5.41, 5.74) is 18.4. The van der Waals surface area contributed by atoms with Gasteiger partial charge in [0.25, 0.3) is 0 Å². The molecular weight excluding hydrogens is 771 g/mol. The van der Waals surface area contributed by atoms with Gasteiger partial charge in [0.1, 0.15) is 0 Å². The molecule has 0 N–H and O–H groups in total. The van der Waals surface area contributed by atoms with Gasteiger partial charge in [0.15, 0.2) is 0 Å². The summed E-state index contributed by atoms with van der Waals surface area (Å²) < 4.78 is 0. The lowest BCUT2D eigenvalue weighted by molar-refractivity contribution is 0.541. The van der Waals surface area contributed by atoms with Gasteiger partial charge >= 0.3 is 0 Å². The molecule has 0 amide bonds. The number of benzene rings is 8. The number of hydrogen-bond donors (Lipinski definition) is 0. The highest BCUT2D eigenvalue weighted by atomic mass is 14.8. The Kier molecular flexibility index (Phi) is 10.2. The van der Waals surface area contributed by atoms with Gasteiger partial charge in [0, 0.05) is 17.8 Å². The van der Waals surface area contributed by atoms with Gasteiger partial charge in [-0.05, 0) is 132 Å². The zero-order chi connectivity index (χ0) is 43.4. The van der Waals surface area contributed by atoms with Crippen LogP contribution in [0.4, 0.5) is 0 Å². The predicted octanol–water partition coefficient (Wildman–Crippen LogP) is 17.1. The van der Waals surface area contributed by atoms with Crippen LogP contribution in [0, 0.1) is 11.8 Å². The summed E-state index contributed by atoms with van der Waals surface area (Å²) in [5, 5.41) is 7.87. The van der Waals surface area contributed by atoms with Crippen LogP contribution in [-0.4, -0.2) is 5.71 Å². The molecule has 1 heteroatoms. The first kappa shape index (κ1) is 40.0. The Labute approximate surface area is 378 Å². The molecule has 2 atom stereocenters. The summed E-state index contributed by atoms with van der Waals surface area (Å²) in [6.45, 7) is 9.55. The van der Waals surface area contributed by atoms with Crippen molar-refractivity contribution in [2.75, 3.05) is 0 Å². The standard InChI is InChI=1S/C63H55N/c1-5-42-40-60(44-22-10-7-11-23-44)64-59(43-20-8-6-9-21-43)32-16-19-41(2)61(42)48-25-17-24-47(37-48)49-29-18-30-53-50-26-12-13-27-51(50)55-38-45(33-35-54(55)62(49)53)46-34-36-58-56(39-46)52-28-14-15-31-57(52)63(58,3)4/h6-15,17-18,20-24,26-39,41,48H,5,16,19,25,40H2,1-4H3/b59-32+,61-42+,64-60?/t41-,48?/m1/s1. The zero-order valence-corrected chi connectivity index (χ0v) is 37.5. The molecular formula is C63H55N. The van der Waals surface area contributed by atoms with E-state index in [-0.39, 0.29) is 5.41 Å². The average Bonchev–Trinajstić information content (AvgIpc) is 3.58. The number of rotatable bonds is 6. The van der Waals surface area contributed by atoms with Crippen LogP contribution in [0.1, 0.15) is 87.6 Å². The van der Waals surface area contributed by atoms with Crippen molar-refractivity contribution in [2.45, 2.75) is 65.2 Å². The highest BCUT2D eigenvalue weighted by Gasteiger charge is 2.35. The maximum absolute atomic E-state index is 5.50. The van der Waals surface area contributed by atoms with Crippen LogP contribution in [0.15, 0.2) is 204 Å². The minimum Gasteiger partial charge on any atom is -0.252 e. The molecule has 1 aliphatic heterocycles. The van der Waals surface area contributed by atoms with Crippen LogP contribution in [-0.2, 0) is 5.41 Å². The van der Waals surface area contributed by atoms with Crippen molar-refractivity contribution in [3.05, 3.63) is 227 Å². The van der Waals surface area contributed by atoms with Gasteiger partial charge in [-0.15, -0.1) is 0 Å². The van der Waals surface area contributed by atoms with Crippen molar-refractivity contribution >= 4 is 49.3 Å². The number of aliphatic imine (C=N–C) groups is 1. The fourth-order valence-electron chi connectivity index (χ4n) is 11.5. The number of fused-ring (bicyclic) bond motifs is 9. The van der Waals surface area contributed by atoms with E-state index in [1.54, 1.807) is 5.57 Å². The van der Waals surface area contributed by atoms with E-state index in [2.05, 4.69) is 216 Å². The maximum Gasteiger partial charge on any atom is 0.0665 e. The number of nitrogens with zero attached hydrogens (tertiary/aromatic N) is 1. The lowest BCUT2D eigenvalue weighted by Gasteiger charge is -2.30. The molecule has 0 bridgehead atoms. The largest absolute Gasteiger partial charge is 0.252 e. The molecule has 0 spiro atoms. The first-order valence-corrected chi connectivity index (χ1v) is 23.5. The fraction of sp³-hybridized carbons (Fsp3) is 0.190. The summed E-state index contributed by atoms with van der Waals surface area (Å²) in [7, 11) is 0. The van der Waals surface area contributed by atoms with Crippen molar-refractivity contribution in [1.29, 1.82) is 0 Å². The molecule has 0 saturated carbocycles. The van der Waals surface area contributed by atoms with Gasteiger partial charge < -0.3 is 0 Å². The van der Waals surface area contributed by atoms with E-state index < -0.39 is 0 Å². The topological polar surface area (TPSA) is 12.4 Å². The Morgan fingerprint density at radius 1 is 0.578 bits per heavy atom. The Morgan fingerprint density at radius 3 is 2.02 bits per heavy atom. The molecule has 1 unspecified atom stereocenters. The van der Waals surface area contributed by atoms with E-state index in [0.717, 1.165) is 43.5 Å². The summed E-state index contributed by atoms with van der Waals surface area (Å²) in [6, 6.07) is 60.9. The van der Waals surface area contributed by atoms with Crippen molar-refractivity contribution < 1.29 is 0 Å². The maximum atomic E-state index is 5.50. The smallest absolute Gasteiger partial charge is 0.0665 e. The Morgan fingerprint density at radius 2 is 1.22 bits per heavy atom. The second-order valence-electron chi connectivity index (χ2n) is 18.8. The molecule has 64 heavy (non-hydrogen) atoms. The minimum absolute atomic E-state index is 0.00915. The molecule has 1 nitrogen and oxygen atoms in total. The van der Waals surface area contributed by atoms with Crippen molar-refractivity contribution in [3.63, 3.8) is 0 Å². The van der Waals surface area contributed by atoms with E-state index in [0.29, 0.717) is 11.8 Å². The molecule has 0 saturated heterocycles. The molecule has 11 rings (SSSR count). The molecule has 312 valence electrons. The second kappa shape index (κ2) is 16.4. The van der Waals surface area contributed by atoms with Gasteiger partial charge in [-0.25, -0.2) is 0 Å². The molecule has 8 aromatic rings. The Balaban J connectivity index is 1.03. The summed E-state index contributed by atoms with van der Waals surface area (Å²) >= 11 is 0. The van der Waals surface area contributed by atoms with E-state index >= 15 is 0 Å². The zero-order valence-electron chi connectivity index (χ0n) is 37.5. The summed E-state index contributed by atoms with van der Waals surface area (Å²) in [4.78, 5) is 5.50. The SMILES string of the molecule is CC/C1=C(\C2C=C(c3cccc4c5ccccc5c5cc(-c6ccc7c(c6)-c6ccccc6C7(C)C)ccc5c34)C=CC2)[C@H](C)CC/C=C(\c2ccccc2)N=C(c2ccccc2)C1. The van der Waals surface area contributed by atoms with E-state index in [9.17, 15) is 0 Å². The van der Waals surface area contributed by atoms with Gasteiger partial charge in [0.2, 0.25) is 0 Å². The first-order chi connectivity index (χ1) is 31.4. The molecule has 3 aliphatic rings. The molecule has 0 fully saturated rings. The minimum atomic E-state index is -0.00915. The van der Waals surface area contributed by atoms with Crippen molar-refractivity contribution in [1.82, 2.24) is 0 Å². The number of allylic oxidation sites excluding steroid dienone is 7. The van der Waals surface area contributed by atoms with Gasteiger partial charge in [-0.2, -0.15) is 0 Å². The van der Waals surface area contributed by atoms with Crippen LogP contribution in [0.25, 0.3) is 65.8 Å². The molecule has 2 aliphatic carbocycles. The van der Waals surface area contributed by atoms with E-state index in [4.69, 9.17) is 4.99 Å². The van der Waals surface area contributed by atoms with E-state index in [1.807, 2.05) is 0 Å². The Hall–Kier alpha value is -6.83. The van der Waals surface area contributed by atoms with Crippen LogP contribution in [0.5, 0.6) is 0 Å².